The van der Waals surface area contributed by atoms with Gasteiger partial charge in [-0.05, 0) is 40.9 Å². The summed E-state index contributed by atoms with van der Waals surface area (Å²) in [7, 11) is 0. The van der Waals surface area contributed by atoms with Gasteiger partial charge in [0.05, 0.1) is 16.3 Å². The van der Waals surface area contributed by atoms with E-state index in [4.69, 9.17) is 4.74 Å². The van der Waals surface area contributed by atoms with Crippen molar-refractivity contribution in [1.29, 1.82) is 0 Å². The Morgan fingerprint density at radius 2 is 2.50 bits per heavy atom. The van der Waals surface area contributed by atoms with E-state index in [1.165, 1.54) is 0 Å². The van der Waals surface area contributed by atoms with Crippen LogP contribution >= 0.6 is 27.3 Å². The van der Waals surface area contributed by atoms with Crippen molar-refractivity contribution >= 4 is 33.2 Å². The zero-order valence-corrected chi connectivity index (χ0v) is 11.3. The second-order valence-electron chi connectivity index (χ2n) is 3.82. The van der Waals surface area contributed by atoms with Crippen LogP contribution in [0, 0.1) is 0 Å². The lowest BCUT2D eigenvalue weighted by molar-refractivity contribution is -0.120. The van der Waals surface area contributed by atoms with Gasteiger partial charge < -0.3 is 10.1 Å². The number of nitrogens with one attached hydrogen (secondary N) is 1. The summed E-state index contributed by atoms with van der Waals surface area (Å²) < 4.78 is 6.50. The number of hydrogen-bond donors (Lipinski definition) is 1. The van der Waals surface area contributed by atoms with E-state index in [0.29, 0.717) is 13.0 Å². The van der Waals surface area contributed by atoms with E-state index in [9.17, 15) is 4.79 Å². The van der Waals surface area contributed by atoms with Gasteiger partial charge in [-0.1, -0.05) is 0 Å². The van der Waals surface area contributed by atoms with Gasteiger partial charge in [-0.3, -0.25) is 4.79 Å². The molecule has 0 spiro atoms. The summed E-state index contributed by atoms with van der Waals surface area (Å²) >= 11 is 4.98. The molecule has 0 aromatic carbocycles. The lowest BCUT2D eigenvalue weighted by Gasteiger charge is -2.10. The Morgan fingerprint density at radius 1 is 1.62 bits per heavy atom. The van der Waals surface area contributed by atoms with Crippen LogP contribution in [-0.4, -0.2) is 25.2 Å². The first-order valence-corrected chi connectivity index (χ1v) is 6.97. The van der Waals surface area contributed by atoms with E-state index >= 15 is 0 Å². The Kier molecular flexibility index (Phi) is 4.37. The molecule has 16 heavy (non-hydrogen) atoms. The predicted molar refractivity (Wildman–Crippen MR) is 67.7 cm³/mol. The molecule has 0 aliphatic carbocycles. The Morgan fingerprint density at radius 3 is 3.12 bits per heavy atom. The maximum Gasteiger partial charge on any atom is 0.225 e. The Balaban J connectivity index is 1.71. The van der Waals surface area contributed by atoms with Crippen LogP contribution in [-0.2, 0) is 16.0 Å². The highest BCUT2D eigenvalue weighted by Gasteiger charge is 2.16. The van der Waals surface area contributed by atoms with Crippen molar-refractivity contribution < 1.29 is 9.53 Å². The molecule has 2 rings (SSSR count). The minimum Gasteiger partial charge on any atom is -0.376 e. The number of carbonyl (C=O) groups excluding carboxylic acids is 1. The van der Waals surface area contributed by atoms with Gasteiger partial charge in [0.1, 0.15) is 0 Å². The predicted octanol–water partition coefficient (Wildman–Crippen LogP) is 2.35. The first-order valence-electron chi connectivity index (χ1n) is 5.36. The maximum atomic E-state index is 11.6. The monoisotopic (exact) mass is 303 g/mol. The summed E-state index contributed by atoms with van der Waals surface area (Å²) in [6.07, 6.45) is 2.85. The molecule has 3 nitrogen and oxygen atoms in total. The van der Waals surface area contributed by atoms with Crippen LogP contribution in [0.3, 0.4) is 0 Å². The molecule has 1 amide bonds. The van der Waals surface area contributed by atoms with Crippen LogP contribution in [0.4, 0.5) is 0 Å². The number of ether oxygens (including phenoxy) is 1. The number of amides is 1. The normalized spacial score (nSPS) is 19.9. The molecule has 1 atom stereocenters. The summed E-state index contributed by atoms with van der Waals surface area (Å²) in [5, 5.41) is 2.91. The van der Waals surface area contributed by atoms with E-state index in [1.54, 1.807) is 11.3 Å². The third-order valence-electron chi connectivity index (χ3n) is 2.51. The van der Waals surface area contributed by atoms with Gasteiger partial charge >= 0.3 is 0 Å². The van der Waals surface area contributed by atoms with Crippen LogP contribution < -0.4 is 5.32 Å². The van der Waals surface area contributed by atoms with Crippen molar-refractivity contribution in [2.45, 2.75) is 25.4 Å². The summed E-state index contributed by atoms with van der Waals surface area (Å²) in [6.45, 7) is 1.48. The van der Waals surface area contributed by atoms with Crippen LogP contribution in [0.15, 0.2) is 15.9 Å². The first-order chi connectivity index (χ1) is 7.74. The highest BCUT2D eigenvalue weighted by molar-refractivity contribution is 9.11. The lowest BCUT2D eigenvalue weighted by atomic mass is 10.2. The van der Waals surface area contributed by atoms with Crippen molar-refractivity contribution in [3.05, 3.63) is 20.8 Å². The summed E-state index contributed by atoms with van der Waals surface area (Å²) in [4.78, 5) is 12.7. The standard InChI is InChI=1S/C11H14BrNO2S/c12-10-4-3-9(16-10)6-11(14)13-7-8-2-1-5-15-8/h3-4,8H,1-2,5-7H2,(H,13,14). The van der Waals surface area contributed by atoms with E-state index in [1.807, 2.05) is 12.1 Å². The molecule has 1 aromatic heterocycles. The number of hydrogen-bond acceptors (Lipinski definition) is 3. The molecular weight excluding hydrogens is 290 g/mol. The minimum absolute atomic E-state index is 0.0739. The lowest BCUT2D eigenvalue weighted by Crippen LogP contribution is -2.32. The number of rotatable bonds is 4. The van der Waals surface area contributed by atoms with Gasteiger partial charge in [-0.2, -0.15) is 0 Å². The molecule has 0 saturated carbocycles. The summed E-state index contributed by atoms with van der Waals surface area (Å²) in [6, 6.07) is 3.94. The fourth-order valence-corrected chi connectivity index (χ4v) is 3.18. The highest BCUT2D eigenvalue weighted by atomic mass is 79.9. The van der Waals surface area contributed by atoms with E-state index in [2.05, 4.69) is 21.2 Å². The smallest absolute Gasteiger partial charge is 0.225 e. The third kappa shape index (κ3) is 3.57. The zero-order chi connectivity index (χ0) is 11.4. The molecule has 0 bridgehead atoms. The maximum absolute atomic E-state index is 11.6. The second-order valence-corrected chi connectivity index (χ2v) is 6.37. The molecule has 1 aliphatic rings. The molecule has 0 radical (unpaired) electrons. The molecular formula is C11H14BrNO2S. The topological polar surface area (TPSA) is 38.3 Å². The van der Waals surface area contributed by atoms with Crippen molar-refractivity contribution in [1.82, 2.24) is 5.32 Å². The molecule has 88 valence electrons. The van der Waals surface area contributed by atoms with E-state index in [0.717, 1.165) is 28.1 Å². The van der Waals surface area contributed by atoms with Crippen molar-refractivity contribution in [2.24, 2.45) is 0 Å². The fraction of sp³-hybridized carbons (Fsp3) is 0.545. The summed E-state index contributed by atoms with van der Waals surface area (Å²) in [5.41, 5.74) is 0. The van der Waals surface area contributed by atoms with Crippen LogP contribution in [0.5, 0.6) is 0 Å². The molecule has 1 N–H and O–H groups in total. The number of carbonyl (C=O) groups is 1. The molecule has 1 unspecified atom stereocenters. The van der Waals surface area contributed by atoms with Gasteiger partial charge in [0, 0.05) is 18.0 Å². The van der Waals surface area contributed by atoms with E-state index < -0.39 is 0 Å². The summed E-state index contributed by atoms with van der Waals surface area (Å²) in [5.74, 6) is 0.0739. The van der Waals surface area contributed by atoms with Gasteiger partial charge in [0.2, 0.25) is 5.91 Å². The molecule has 1 aliphatic heterocycles. The average molecular weight is 304 g/mol. The molecule has 2 heterocycles. The minimum atomic E-state index is 0.0739. The molecule has 1 saturated heterocycles. The quantitative estimate of drug-likeness (QED) is 0.927. The highest BCUT2D eigenvalue weighted by Crippen LogP contribution is 2.22. The van der Waals surface area contributed by atoms with Crippen molar-refractivity contribution in [3.8, 4) is 0 Å². The van der Waals surface area contributed by atoms with Crippen LogP contribution in [0.1, 0.15) is 17.7 Å². The van der Waals surface area contributed by atoms with Crippen LogP contribution in [0.25, 0.3) is 0 Å². The van der Waals surface area contributed by atoms with Gasteiger partial charge in [0.25, 0.3) is 0 Å². The van der Waals surface area contributed by atoms with Gasteiger partial charge in [-0.15, -0.1) is 11.3 Å². The molecule has 1 aromatic rings. The fourth-order valence-electron chi connectivity index (χ4n) is 1.70. The van der Waals surface area contributed by atoms with Gasteiger partial charge in [0.15, 0.2) is 0 Å². The largest absolute Gasteiger partial charge is 0.376 e. The average Bonchev–Trinajstić information content (AvgIpc) is 2.87. The van der Waals surface area contributed by atoms with Crippen molar-refractivity contribution in [3.63, 3.8) is 0 Å². The number of thiophene rings is 1. The second kappa shape index (κ2) is 5.80. The van der Waals surface area contributed by atoms with Crippen molar-refractivity contribution in [2.75, 3.05) is 13.2 Å². The first kappa shape index (κ1) is 12.1. The SMILES string of the molecule is O=C(Cc1ccc(Br)s1)NCC1CCCO1. The van der Waals surface area contributed by atoms with Crippen LogP contribution in [0.2, 0.25) is 0 Å². The third-order valence-corrected chi connectivity index (χ3v) is 4.14. The number of halogens is 1. The van der Waals surface area contributed by atoms with E-state index in [-0.39, 0.29) is 12.0 Å². The zero-order valence-electron chi connectivity index (χ0n) is 8.87. The Labute approximate surface area is 107 Å². The Bertz CT molecular complexity index is 361. The van der Waals surface area contributed by atoms with Gasteiger partial charge in [-0.25, -0.2) is 0 Å². The molecule has 5 heteroatoms. The Hall–Kier alpha value is -0.390. The molecule has 1 fully saturated rings.